The van der Waals surface area contributed by atoms with Gasteiger partial charge in [-0.3, -0.25) is 0 Å². The summed E-state index contributed by atoms with van der Waals surface area (Å²) >= 11 is 8.01. The number of alkyl halides is 6. The van der Waals surface area contributed by atoms with Crippen LogP contribution in [0, 0.1) is 0 Å². The number of hydrogen-bond acceptors (Lipinski definition) is 1. The minimum Gasteiger partial charge on any atom is -0.241 e. The molecule has 1 rings (SSSR count). The van der Waals surface area contributed by atoms with Crippen LogP contribution in [-0.2, 0) is 12.1 Å². The molecule has 1 nitrogen and oxygen atoms in total. The van der Waals surface area contributed by atoms with Gasteiger partial charge in [0.15, 0.2) is 0 Å². The standard InChI is InChI=1S/C8H4BrClF5N/c9-4-1-3(2-10)6(8(13,14)15)16-5(4)7(11)12/h1,7H,2H2. The lowest BCUT2D eigenvalue weighted by atomic mass is 10.2. The molecule has 1 heterocycles. The molecular formula is C8H4BrClF5N. The summed E-state index contributed by atoms with van der Waals surface area (Å²) in [5.41, 5.74) is -2.66. The van der Waals surface area contributed by atoms with Crippen LogP contribution in [0.3, 0.4) is 0 Å². The SMILES string of the molecule is FC(F)c1nc(C(F)(F)F)c(CCl)cc1Br. The van der Waals surface area contributed by atoms with Gasteiger partial charge in [-0.05, 0) is 27.6 Å². The highest BCUT2D eigenvalue weighted by Gasteiger charge is 2.36. The fourth-order valence-electron chi connectivity index (χ4n) is 1.04. The van der Waals surface area contributed by atoms with Gasteiger partial charge in [-0.1, -0.05) is 0 Å². The van der Waals surface area contributed by atoms with E-state index in [1.807, 2.05) is 0 Å². The summed E-state index contributed by atoms with van der Waals surface area (Å²) in [7, 11) is 0. The molecule has 8 heteroatoms. The van der Waals surface area contributed by atoms with E-state index in [-0.39, 0.29) is 10.0 Å². The third kappa shape index (κ3) is 2.82. The van der Waals surface area contributed by atoms with Crippen molar-refractivity contribution >= 4 is 27.5 Å². The second-order valence-corrected chi connectivity index (χ2v) is 3.92. The van der Waals surface area contributed by atoms with Crippen LogP contribution in [-0.4, -0.2) is 4.98 Å². The Kier molecular flexibility index (Phi) is 4.12. The van der Waals surface area contributed by atoms with Crippen molar-refractivity contribution in [3.8, 4) is 0 Å². The topological polar surface area (TPSA) is 12.9 Å². The molecule has 1 aromatic rings. The summed E-state index contributed by atoms with van der Waals surface area (Å²) in [5.74, 6) is -0.454. The molecule has 1 aromatic heterocycles. The normalized spacial score (nSPS) is 12.2. The molecule has 16 heavy (non-hydrogen) atoms. The first-order valence-electron chi connectivity index (χ1n) is 3.88. The van der Waals surface area contributed by atoms with Crippen molar-refractivity contribution in [1.82, 2.24) is 4.98 Å². The zero-order valence-corrected chi connectivity index (χ0v) is 9.80. The van der Waals surface area contributed by atoms with Crippen molar-refractivity contribution in [1.29, 1.82) is 0 Å². The average molecular weight is 324 g/mol. The third-order valence-electron chi connectivity index (χ3n) is 1.70. The first-order valence-corrected chi connectivity index (χ1v) is 5.20. The summed E-state index contributed by atoms with van der Waals surface area (Å²) < 4.78 is 61.8. The van der Waals surface area contributed by atoms with Crippen LogP contribution in [0.5, 0.6) is 0 Å². The molecule has 0 aliphatic rings. The molecule has 0 unspecified atom stereocenters. The molecule has 0 saturated heterocycles. The molecule has 90 valence electrons. The van der Waals surface area contributed by atoms with Crippen LogP contribution < -0.4 is 0 Å². The number of halogens is 7. The molecule has 0 atom stereocenters. The quantitative estimate of drug-likeness (QED) is 0.575. The van der Waals surface area contributed by atoms with Gasteiger partial charge in [-0.25, -0.2) is 13.8 Å². The maximum absolute atomic E-state index is 12.4. The summed E-state index contributed by atoms with van der Waals surface area (Å²) in [6.07, 6.45) is -7.88. The second-order valence-electron chi connectivity index (χ2n) is 2.80. The molecule has 0 aliphatic carbocycles. The monoisotopic (exact) mass is 323 g/mol. The number of hydrogen-bond donors (Lipinski definition) is 0. The van der Waals surface area contributed by atoms with Crippen molar-refractivity contribution in [2.24, 2.45) is 0 Å². The summed E-state index contributed by atoms with van der Waals surface area (Å²) in [6.45, 7) is 0. The molecule has 0 saturated carbocycles. The Morgan fingerprint density at radius 2 is 1.94 bits per heavy atom. The van der Waals surface area contributed by atoms with Gasteiger partial charge in [-0.15, -0.1) is 11.6 Å². The van der Waals surface area contributed by atoms with E-state index in [1.54, 1.807) is 0 Å². The Hall–Kier alpha value is -0.430. The van der Waals surface area contributed by atoms with E-state index in [1.165, 1.54) is 0 Å². The largest absolute Gasteiger partial charge is 0.433 e. The maximum Gasteiger partial charge on any atom is 0.433 e. The number of rotatable bonds is 2. The Bertz CT molecular complexity index is 393. The van der Waals surface area contributed by atoms with E-state index in [0.717, 1.165) is 6.07 Å². The van der Waals surface area contributed by atoms with Crippen LogP contribution in [0.4, 0.5) is 22.0 Å². The number of pyridine rings is 1. The minimum atomic E-state index is -4.80. The molecule has 0 aliphatic heterocycles. The van der Waals surface area contributed by atoms with Crippen molar-refractivity contribution in [2.75, 3.05) is 0 Å². The van der Waals surface area contributed by atoms with E-state index in [9.17, 15) is 22.0 Å². The van der Waals surface area contributed by atoms with Gasteiger partial charge in [-0.2, -0.15) is 13.2 Å². The number of nitrogens with zero attached hydrogens (tertiary/aromatic N) is 1. The van der Waals surface area contributed by atoms with Crippen molar-refractivity contribution in [3.05, 3.63) is 27.5 Å². The zero-order chi connectivity index (χ0) is 12.5. The Morgan fingerprint density at radius 1 is 1.38 bits per heavy atom. The molecule has 0 spiro atoms. The van der Waals surface area contributed by atoms with Crippen LogP contribution in [0.15, 0.2) is 10.5 Å². The smallest absolute Gasteiger partial charge is 0.241 e. The van der Waals surface area contributed by atoms with Gasteiger partial charge in [0.05, 0.1) is 0 Å². The average Bonchev–Trinajstić information content (AvgIpc) is 2.14. The van der Waals surface area contributed by atoms with E-state index in [2.05, 4.69) is 20.9 Å². The molecule has 0 amide bonds. The van der Waals surface area contributed by atoms with E-state index in [4.69, 9.17) is 11.6 Å². The molecule has 0 radical (unpaired) electrons. The molecule has 0 aromatic carbocycles. The zero-order valence-electron chi connectivity index (χ0n) is 7.45. The fraction of sp³-hybridized carbons (Fsp3) is 0.375. The van der Waals surface area contributed by atoms with Crippen molar-refractivity contribution < 1.29 is 22.0 Å². The molecule has 0 bridgehead atoms. The lowest BCUT2D eigenvalue weighted by Gasteiger charge is -2.13. The van der Waals surface area contributed by atoms with Crippen LogP contribution >= 0.6 is 27.5 Å². The molecule has 0 fully saturated rings. The second kappa shape index (κ2) is 4.83. The lowest BCUT2D eigenvalue weighted by Crippen LogP contribution is -2.13. The van der Waals surface area contributed by atoms with Crippen LogP contribution in [0.2, 0.25) is 0 Å². The van der Waals surface area contributed by atoms with Crippen LogP contribution in [0.1, 0.15) is 23.4 Å². The lowest BCUT2D eigenvalue weighted by molar-refractivity contribution is -0.142. The van der Waals surface area contributed by atoms with Gasteiger partial charge in [0.2, 0.25) is 0 Å². The maximum atomic E-state index is 12.4. The number of aromatic nitrogens is 1. The highest BCUT2D eigenvalue weighted by Crippen LogP contribution is 2.35. The third-order valence-corrected chi connectivity index (χ3v) is 2.62. The minimum absolute atomic E-state index is 0.189. The molecule has 0 N–H and O–H groups in total. The van der Waals surface area contributed by atoms with Crippen LogP contribution in [0.25, 0.3) is 0 Å². The van der Waals surface area contributed by atoms with Gasteiger partial charge in [0.1, 0.15) is 11.4 Å². The summed E-state index contributed by atoms with van der Waals surface area (Å²) in [5, 5.41) is 0. The summed E-state index contributed by atoms with van der Waals surface area (Å²) in [6, 6.07) is 0.907. The predicted molar refractivity (Wildman–Crippen MR) is 51.5 cm³/mol. The van der Waals surface area contributed by atoms with Gasteiger partial charge < -0.3 is 0 Å². The van der Waals surface area contributed by atoms with E-state index in [0.29, 0.717) is 0 Å². The highest BCUT2D eigenvalue weighted by atomic mass is 79.9. The van der Waals surface area contributed by atoms with Gasteiger partial charge in [0.25, 0.3) is 6.43 Å². The first-order chi connectivity index (χ1) is 7.27. The van der Waals surface area contributed by atoms with Gasteiger partial charge in [0, 0.05) is 10.4 Å². The van der Waals surface area contributed by atoms with Gasteiger partial charge >= 0.3 is 6.18 Å². The Morgan fingerprint density at radius 3 is 2.31 bits per heavy atom. The van der Waals surface area contributed by atoms with Crippen molar-refractivity contribution in [3.63, 3.8) is 0 Å². The predicted octanol–water partition coefficient (Wildman–Crippen LogP) is 4.54. The van der Waals surface area contributed by atoms with E-state index < -0.39 is 29.9 Å². The molecular weight excluding hydrogens is 320 g/mol. The van der Waals surface area contributed by atoms with E-state index >= 15 is 0 Å². The Balaban J connectivity index is 3.41. The summed E-state index contributed by atoms with van der Waals surface area (Å²) in [4.78, 5) is 2.91. The fourth-order valence-corrected chi connectivity index (χ4v) is 1.78. The van der Waals surface area contributed by atoms with Crippen molar-refractivity contribution in [2.45, 2.75) is 18.5 Å². The highest BCUT2D eigenvalue weighted by molar-refractivity contribution is 9.10. The Labute approximate surface area is 101 Å². The first kappa shape index (κ1) is 13.6.